The summed E-state index contributed by atoms with van der Waals surface area (Å²) in [6.45, 7) is 2.69. The summed E-state index contributed by atoms with van der Waals surface area (Å²) in [4.78, 5) is 22.0. The first kappa shape index (κ1) is 17.0. The maximum Gasteiger partial charge on any atom is 0.329 e. The summed E-state index contributed by atoms with van der Waals surface area (Å²) in [7, 11) is 0. The van der Waals surface area contributed by atoms with Crippen molar-refractivity contribution in [2.45, 2.75) is 24.3 Å². The normalized spacial score (nSPS) is 16.5. The molecule has 0 fully saturated rings. The molecule has 0 saturated carbocycles. The Balaban J connectivity index is 2.00. The van der Waals surface area contributed by atoms with Crippen LogP contribution in [0.1, 0.15) is 24.9 Å². The second kappa shape index (κ2) is 6.94. The van der Waals surface area contributed by atoms with Crippen LogP contribution in [0.4, 0.5) is 17.5 Å². The molecule has 0 bridgehead atoms. The molecule has 0 saturated heterocycles. The van der Waals surface area contributed by atoms with Gasteiger partial charge >= 0.3 is 5.69 Å². The lowest BCUT2D eigenvalue weighted by molar-refractivity contribution is -0.384. The minimum atomic E-state index is -0.570. The third-order valence-electron chi connectivity index (χ3n) is 3.94. The van der Waals surface area contributed by atoms with Crippen molar-refractivity contribution < 1.29 is 4.92 Å². The SMILES string of the molecule is CCN(c1ncc([N+](=O)[O-])c(N)n1)[C@@H]1CCSc2ccc(Br)cc21. The molecule has 1 aliphatic rings. The van der Waals surface area contributed by atoms with Crippen LogP contribution in [0.15, 0.2) is 33.8 Å². The number of nitrogens with zero attached hydrogens (tertiary/aromatic N) is 4. The van der Waals surface area contributed by atoms with Gasteiger partial charge in [0.25, 0.3) is 0 Å². The summed E-state index contributed by atoms with van der Waals surface area (Å²) >= 11 is 5.36. The van der Waals surface area contributed by atoms with Crippen molar-refractivity contribution in [1.82, 2.24) is 9.97 Å². The summed E-state index contributed by atoms with van der Waals surface area (Å²) in [6, 6.07) is 6.37. The highest BCUT2D eigenvalue weighted by atomic mass is 79.9. The van der Waals surface area contributed by atoms with Gasteiger partial charge in [0.1, 0.15) is 6.20 Å². The van der Waals surface area contributed by atoms with Crippen molar-refractivity contribution >= 4 is 45.1 Å². The van der Waals surface area contributed by atoms with Crippen LogP contribution in [-0.2, 0) is 0 Å². The Kier molecular flexibility index (Phi) is 4.91. The second-order valence-electron chi connectivity index (χ2n) is 5.32. The van der Waals surface area contributed by atoms with Crippen LogP contribution in [0.25, 0.3) is 0 Å². The topological polar surface area (TPSA) is 98.2 Å². The number of fused-ring (bicyclic) bond motifs is 1. The Morgan fingerprint density at radius 2 is 2.33 bits per heavy atom. The van der Waals surface area contributed by atoms with Crippen LogP contribution < -0.4 is 10.6 Å². The standard InChI is InChI=1S/C15H16BrN5O2S/c1-2-20(15-18-8-12(21(22)23)14(17)19-15)11-5-6-24-13-4-3-9(16)7-10(11)13/h3-4,7-8,11H,2,5-6H2,1H3,(H2,17,18,19)/t11-/m1/s1. The van der Waals surface area contributed by atoms with Crippen LogP contribution in [0.3, 0.4) is 0 Å². The third-order valence-corrected chi connectivity index (χ3v) is 5.55. The summed E-state index contributed by atoms with van der Waals surface area (Å²) in [5.41, 5.74) is 6.68. The molecule has 9 heteroatoms. The van der Waals surface area contributed by atoms with E-state index in [0.29, 0.717) is 12.5 Å². The van der Waals surface area contributed by atoms with Gasteiger partial charge in [-0.05, 0) is 37.1 Å². The maximum atomic E-state index is 10.9. The number of benzene rings is 1. The van der Waals surface area contributed by atoms with E-state index in [1.807, 2.05) is 29.7 Å². The fourth-order valence-electron chi connectivity index (χ4n) is 2.83. The fourth-order valence-corrected chi connectivity index (χ4v) is 4.30. The van der Waals surface area contributed by atoms with Crippen LogP contribution in [0, 0.1) is 10.1 Å². The van der Waals surface area contributed by atoms with E-state index < -0.39 is 4.92 Å². The fraction of sp³-hybridized carbons (Fsp3) is 0.333. The molecule has 0 radical (unpaired) electrons. The lowest BCUT2D eigenvalue weighted by Gasteiger charge is -2.35. The molecule has 1 atom stereocenters. The van der Waals surface area contributed by atoms with Gasteiger partial charge in [-0.25, -0.2) is 4.98 Å². The summed E-state index contributed by atoms with van der Waals surface area (Å²) in [5.74, 6) is 1.31. The number of nitrogen functional groups attached to an aromatic ring is 1. The Hall–Kier alpha value is -1.87. The predicted molar refractivity (Wildman–Crippen MR) is 98.3 cm³/mol. The number of nitro groups is 1. The second-order valence-corrected chi connectivity index (χ2v) is 7.37. The molecule has 1 aromatic heterocycles. The molecule has 1 aromatic carbocycles. The Bertz CT molecular complexity index is 788. The van der Waals surface area contributed by atoms with E-state index in [0.717, 1.165) is 16.6 Å². The first-order valence-corrected chi connectivity index (χ1v) is 9.25. The quantitative estimate of drug-likeness (QED) is 0.605. The summed E-state index contributed by atoms with van der Waals surface area (Å²) in [5, 5.41) is 10.9. The van der Waals surface area contributed by atoms with Crippen molar-refractivity contribution in [2.24, 2.45) is 0 Å². The number of hydrogen-bond acceptors (Lipinski definition) is 7. The zero-order valence-electron chi connectivity index (χ0n) is 13.0. The predicted octanol–water partition coefficient (Wildman–Crippen LogP) is 3.79. The van der Waals surface area contributed by atoms with Crippen molar-refractivity contribution in [3.63, 3.8) is 0 Å². The number of anilines is 2. The molecule has 2 N–H and O–H groups in total. The molecule has 0 amide bonds. The zero-order valence-corrected chi connectivity index (χ0v) is 15.4. The highest BCUT2D eigenvalue weighted by Crippen LogP contribution is 2.41. The molecule has 3 rings (SSSR count). The average Bonchev–Trinajstić information content (AvgIpc) is 2.55. The van der Waals surface area contributed by atoms with E-state index in [4.69, 9.17) is 5.73 Å². The average molecular weight is 410 g/mol. The van der Waals surface area contributed by atoms with Gasteiger partial charge in [-0.3, -0.25) is 10.1 Å². The number of nitrogens with two attached hydrogens (primary N) is 1. The summed E-state index contributed by atoms with van der Waals surface area (Å²) < 4.78 is 1.02. The van der Waals surface area contributed by atoms with Crippen molar-refractivity contribution in [3.8, 4) is 0 Å². The van der Waals surface area contributed by atoms with E-state index in [1.54, 1.807) is 0 Å². The van der Waals surface area contributed by atoms with Gasteiger partial charge in [-0.1, -0.05) is 15.9 Å². The number of aromatic nitrogens is 2. The Labute approximate surface area is 151 Å². The number of rotatable bonds is 4. The van der Waals surface area contributed by atoms with E-state index >= 15 is 0 Å². The van der Waals surface area contributed by atoms with Crippen molar-refractivity contribution in [3.05, 3.63) is 44.5 Å². The van der Waals surface area contributed by atoms with Gasteiger partial charge in [-0.15, -0.1) is 11.8 Å². The largest absolute Gasteiger partial charge is 0.378 e. The third kappa shape index (κ3) is 3.18. The van der Waals surface area contributed by atoms with Gasteiger partial charge in [0.2, 0.25) is 11.8 Å². The van der Waals surface area contributed by atoms with Crippen LogP contribution in [-0.4, -0.2) is 27.2 Å². The highest BCUT2D eigenvalue weighted by molar-refractivity contribution is 9.10. The molecule has 0 spiro atoms. The number of hydrogen-bond donors (Lipinski definition) is 1. The zero-order chi connectivity index (χ0) is 17.3. The highest BCUT2D eigenvalue weighted by Gasteiger charge is 2.28. The van der Waals surface area contributed by atoms with E-state index in [1.165, 1.54) is 16.7 Å². The molecule has 0 unspecified atom stereocenters. The molecule has 2 aromatic rings. The van der Waals surface area contributed by atoms with Gasteiger partial charge in [-0.2, -0.15) is 4.98 Å². The van der Waals surface area contributed by atoms with Gasteiger partial charge in [0.05, 0.1) is 11.0 Å². The number of thioether (sulfide) groups is 1. The van der Waals surface area contributed by atoms with Crippen molar-refractivity contribution in [1.29, 1.82) is 0 Å². The van der Waals surface area contributed by atoms with Crippen LogP contribution in [0.5, 0.6) is 0 Å². The van der Waals surface area contributed by atoms with E-state index in [-0.39, 0.29) is 17.5 Å². The molecule has 1 aliphatic heterocycles. The minimum absolute atomic E-state index is 0.108. The molecular weight excluding hydrogens is 394 g/mol. The van der Waals surface area contributed by atoms with Crippen molar-refractivity contribution in [2.75, 3.05) is 22.9 Å². The first-order valence-electron chi connectivity index (χ1n) is 7.47. The van der Waals surface area contributed by atoms with Gasteiger partial charge in [0, 0.05) is 21.7 Å². The van der Waals surface area contributed by atoms with Gasteiger partial charge < -0.3 is 10.6 Å². The molecular formula is C15H16BrN5O2S. The maximum absolute atomic E-state index is 10.9. The minimum Gasteiger partial charge on any atom is -0.378 e. The van der Waals surface area contributed by atoms with E-state index in [2.05, 4.69) is 38.0 Å². The molecule has 126 valence electrons. The van der Waals surface area contributed by atoms with Crippen LogP contribution in [0.2, 0.25) is 0 Å². The number of halogens is 1. The smallest absolute Gasteiger partial charge is 0.329 e. The Morgan fingerprint density at radius 3 is 3.00 bits per heavy atom. The molecule has 24 heavy (non-hydrogen) atoms. The monoisotopic (exact) mass is 409 g/mol. The molecule has 7 nitrogen and oxygen atoms in total. The summed E-state index contributed by atoms with van der Waals surface area (Å²) in [6.07, 6.45) is 2.13. The van der Waals surface area contributed by atoms with Gasteiger partial charge in [0.15, 0.2) is 0 Å². The van der Waals surface area contributed by atoms with E-state index in [9.17, 15) is 10.1 Å². The first-order chi connectivity index (χ1) is 11.5. The lowest BCUT2D eigenvalue weighted by atomic mass is 10.0. The molecule has 0 aliphatic carbocycles. The lowest BCUT2D eigenvalue weighted by Crippen LogP contribution is -2.32. The van der Waals surface area contributed by atoms with Crippen LogP contribution >= 0.6 is 27.7 Å². The Morgan fingerprint density at radius 1 is 1.54 bits per heavy atom. The molecule has 2 heterocycles.